The van der Waals surface area contributed by atoms with E-state index >= 15 is 0 Å². The average Bonchev–Trinajstić information content (AvgIpc) is 2.99. The summed E-state index contributed by atoms with van der Waals surface area (Å²) in [7, 11) is 0. The van der Waals surface area contributed by atoms with E-state index in [0.29, 0.717) is 36.8 Å². The van der Waals surface area contributed by atoms with Crippen LogP contribution in [0.3, 0.4) is 0 Å². The number of nitrogens with one attached hydrogen (secondary N) is 1. The van der Waals surface area contributed by atoms with Crippen LogP contribution in [0.2, 0.25) is 0 Å². The van der Waals surface area contributed by atoms with Crippen LogP contribution in [0.5, 0.6) is 11.5 Å². The molecule has 0 radical (unpaired) electrons. The van der Waals surface area contributed by atoms with Crippen molar-refractivity contribution < 1.29 is 14.3 Å². The predicted octanol–water partition coefficient (Wildman–Crippen LogP) is 0.999. The van der Waals surface area contributed by atoms with Gasteiger partial charge in [0.2, 0.25) is 0 Å². The molecule has 7 heteroatoms. The highest BCUT2D eigenvalue weighted by Gasteiger charge is 2.15. The Labute approximate surface area is 121 Å². The van der Waals surface area contributed by atoms with E-state index in [4.69, 9.17) is 9.47 Å². The van der Waals surface area contributed by atoms with Gasteiger partial charge in [-0.15, -0.1) is 10.2 Å². The Morgan fingerprint density at radius 2 is 2.14 bits per heavy atom. The first-order valence-electron chi connectivity index (χ1n) is 6.82. The fourth-order valence-corrected chi connectivity index (χ4v) is 2.13. The highest BCUT2D eigenvalue weighted by atomic mass is 16.6. The Kier molecular flexibility index (Phi) is 3.72. The predicted molar refractivity (Wildman–Crippen MR) is 74.3 cm³/mol. The molecule has 0 fully saturated rings. The molecule has 0 aliphatic carbocycles. The summed E-state index contributed by atoms with van der Waals surface area (Å²) in [4.78, 5) is 12.2. The molecule has 2 heterocycles. The van der Waals surface area contributed by atoms with Crippen LogP contribution in [0, 0.1) is 0 Å². The summed E-state index contributed by atoms with van der Waals surface area (Å²) in [6, 6.07) is 5.15. The van der Waals surface area contributed by atoms with E-state index in [0.717, 1.165) is 12.4 Å². The van der Waals surface area contributed by atoms with Gasteiger partial charge in [-0.1, -0.05) is 0 Å². The molecule has 21 heavy (non-hydrogen) atoms. The third kappa shape index (κ3) is 2.81. The second-order valence-corrected chi connectivity index (χ2v) is 4.57. The summed E-state index contributed by atoms with van der Waals surface area (Å²) in [6.07, 6.45) is 1.64. The maximum atomic E-state index is 12.2. The van der Waals surface area contributed by atoms with Crippen molar-refractivity contribution in [3.8, 4) is 11.5 Å². The number of hydrogen-bond acceptors (Lipinski definition) is 5. The van der Waals surface area contributed by atoms with Crippen molar-refractivity contribution in [2.45, 2.75) is 20.0 Å². The highest BCUT2D eigenvalue weighted by molar-refractivity contribution is 5.94. The fourth-order valence-electron chi connectivity index (χ4n) is 2.13. The van der Waals surface area contributed by atoms with Crippen LogP contribution in [0.1, 0.15) is 23.1 Å². The number of rotatable bonds is 4. The zero-order valence-electron chi connectivity index (χ0n) is 11.7. The van der Waals surface area contributed by atoms with E-state index in [1.807, 2.05) is 11.5 Å². The molecule has 2 aromatic rings. The third-order valence-corrected chi connectivity index (χ3v) is 3.25. The normalized spacial score (nSPS) is 13.0. The number of amides is 1. The van der Waals surface area contributed by atoms with Crippen molar-refractivity contribution >= 4 is 5.91 Å². The number of ether oxygens (including phenoxy) is 2. The largest absolute Gasteiger partial charge is 0.486 e. The van der Waals surface area contributed by atoms with Crippen LogP contribution in [0.15, 0.2) is 24.5 Å². The Morgan fingerprint density at radius 3 is 2.95 bits per heavy atom. The van der Waals surface area contributed by atoms with Crippen molar-refractivity contribution in [1.29, 1.82) is 0 Å². The van der Waals surface area contributed by atoms with Crippen LogP contribution >= 0.6 is 0 Å². The van der Waals surface area contributed by atoms with Gasteiger partial charge in [-0.05, 0) is 25.1 Å². The molecule has 3 rings (SSSR count). The number of nitrogens with zero attached hydrogens (tertiary/aromatic N) is 3. The van der Waals surface area contributed by atoms with Crippen molar-refractivity contribution in [1.82, 2.24) is 20.1 Å². The molecule has 1 aliphatic rings. The van der Waals surface area contributed by atoms with E-state index in [1.165, 1.54) is 0 Å². The van der Waals surface area contributed by atoms with Gasteiger partial charge in [-0.3, -0.25) is 4.79 Å². The first-order chi connectivity index (χ1) is 10.3. The Morgan fingerprint density at radius 1 is 1.33 bits per heavy atom. The Balaban J connectivity index is 1.68. The van der Waals surface area contributed by atoms with Crippen molar-refractivity contribution in [2.75, 3.05) is 13.2 Å². The zero-order chi connectivity index (χ0) is 14.7. The van der Waals surface area contributed by atoms with Crippen molar-refractivity contribution in [2.24, 2.45) is 0 Å². The molecule has 0 unspecified atom stereocenters. The topological polar surface area (TPSA) is 78.3 Å². The van der Waals surface area contributed by atoms with Gasteiger partial charge in [0, 0.05) is 12.1 Å². The standard InChI is InChI=1S/C14H16N4O3/c1-2-18-9-16-17-13(18)8-15-14(19)10-3-4-11-12(7-10)21-6-5-20-11/h3-4,7,9H,2,5-6,8H2,1H3,(H,15,19). The van der Waals surface area contributed by atoms with Crippen LogP contribution in [-0.2, 0) is 13.1 Å². The molecule has 1 N–H and O–H groups in total. The quantitative estimate of drug-likeness (QED) is 0.908. The second-order valence-electron chi connectivity index (χ2n) is 4.57. The molecule has 1 aliphatic heterocycles. The lowest BCUT2D eigenvalue weighted by molar-refractivity contribution is 0.0948. The summed E-state index contributed by atoms with van der Waals surface area (Å²) in [6.45, 7) is 4.13. The van der Waals surface area contributed by atoms with Gasteiger partial charge >= 0.3 is 0 Å². The summed E-state index contributed by atoms with van der Waals surface area (Å²) >= 11 is 0. The van der Waals surface area contributed by atoms with Gasteiger partial charge in [-0.25, -0.2) is 0 Å². The number of carbonyl (C=O) groups excluding carboxylic acids is 1. The molecule has 1 aromatic carbocycles. The van der Waals surface area contributed by atoms with Gasteiger partial charge in [-0.2, -0.15) is 0 Å². The molecule has 0 spiro atoms. The van der Waals surface area contributed by atoms with Gasteiger partial charge in [0.1, 0.15) is 19.5 Å². The molecule has 0 saturated heterocycles. The van der Waals surface area contributed by atoms with E-state index in [1.54, 1.807) is 24.5 Å². The monoisotopic (exact) mass is 288 g/mol. The van der Waals surface area contributed by atoms with Crippen LogP contribution in [0.25, 0.3) is 0 Å². The molecule has 1 aromatic heterocycles. The number of benzene rings is 1. The summed E-state index contributed by atoms with van der Waals surface area (Å²) in [5.41, 5.74) is 0.529. The van der Waals surface area contributed by atoms with E-state index in [2.05, 4.69) is 15.5 Å². The van der Waals surface area contributed by atoms with Gasteiger partial charge < -0.3 is 19.4 Å². The number of aromatic nitrogens is 3. The number of aryl methyl sites for hydroxylation is 1. The molecular weight excluding hydrogens is 272 g/mol. The zero-order valence-corrected chi connectivity index (χ0v) is 11.7. The van der Waals surface area contributed by atoms with Gasteiger partial charge in [0.05, 0.1) is 6.54 Å². The lowest BCUT2D eigenvalue weighted by atomic mass is 10.2. The average molecular weight is 288 g/mol. The first-order valence-corrected chi connectivity index (χ1v) is 6.82. The van der Waals surface area contributed by atoms with Gasteiger partial charge in [0.15, 0.2) is 17.3 Å². The SMILES string of the molecule is CCn1cnnc1CNC(=O)c1ccc2c(c1)OCCO2. The molecule has 0 bridgehead atoms. The molecule has 110 valence electrons. The molecule has 1 amide bonds. The number of hydrogen-bond donors (Lipinski definition) is 1. The minimum absolute atomic E-state index is 0.183. The maximum absolute atomic E-state index is 12.2. The van der Waals surface area contributed by atoms with E-state index in [-0.39, 0.29) is 5.91 Å². The van der Waals surface area contributed by atoms with Crippen LogP contribution in [0.4, 0.5) is 0 Å². The fraction of sp³-hybridized carbons (Fsp3) is 0.357. The molecule has 7 nitrogen and oxygen atoms in total. The lowest BCUT2D eigenvalue weighted by Crippen LogP contribution is -2.25. The minimum Gasteiger partial charge on any atom is -0.486 e. The highest BCUT2D eigenvalue weighted by Crippen LogP contribution is 2.30. The maximum Gasteiger partial charge on any atom is 0.251 e. The number of fused-ring (bicyclic) bond motifs is 1. The second kappa shape index (κ2) is 5.82. The van der Waals surface area contributed by atoms with Crippen molar-refractivity contribution in [3.05, 3.63) is 35.9 Å². The Hall–Kier alpha value is -2.57. The Bertz CT molecular complexity index is 653. The molecule has 0 atom stereocenters. The molecule has 0 saturated carbocycles. The third-order valence-electron chi connectivity index (χ3n) is 3.25. The first kappa shape index (κ1) is 13.4. The molecular formula is C14H16N4O3. The van der Waals surface area contributed by atoms with E-state index in [9.17, 15) is 4.79 Å². The van der Waals surface area contributed by atoms with Gasteiger partial charge in [0.25, 0.3) is 5.91 Å². The minimum atomic E-state index is -0.183. The summed E-state index contributed by atoms with van der Waals surface area (Å²) < 4.78 is 12.8. The number of carbonyl (C=O) groups is 1. The van der Waals surface area contributed by atoms with Crippen LogP contribution in [-0.4, -0.2) is 33.9 Å². The lowest BCUT2D eigenvalue weighted by Gasteiger charge is -2.18. The van der Waals surface area contributed by atoms with E-state index < -0.39 is 0 Å². The summed E-state index contributed by atoms with van der Waals surface area (Å²) in [5.74, 6) is 1.81. The van der Waals surface area contributed by atoms with Crippen molar-refractivity contribution in [3.63, 3.8) is 0 Å². The smallest absolute Gasteiger partial charge is 0.251 e. The summed E-state index contributed by atoms with van der Waals surface area (Å²) in [5, 5.41) is 10.6. The van der Waals surface area contributed by atoms with Crippen LogP contribution < -0.4 is 14.8 Å².